The Kier molecular flexibility index (Phi) is 8.37. The van der Waals surface area contributed by atoms with Crippen molar-refractivity contribution in [3.63, 3.8) is 0 Å². The monoisotopic (exact) mass is 381 g/mol. The summed E-state index contributed by atoms with van der Waals surface area (Å²) in [4.78, 5) is 17.1. The molecule has 1 N–H and O–H groups in total. The predicted octanol–water partition coefficient (Wildman–Crippen LogP) is 5.08. The summed E-state index contributed by atoms with van der Waals surface area (Å²) in [6.45, 7) is 13.9. The van der Waals surface area contributed by atoms with Gasteiger partial charge in [-0.2, -0.15) is 0 Å². The normalized spacial score (nSPS) is 10.8. The summed E-state index contributed by atoms with van der Waals surface area (Å²) in [5.74, 6) is 0.184. The van der Waals surface area contributed by atoms with Crippen molar-refractivity contribution in [1.82, 2.24) is 4.90 Å². The average Bonchev–Trinajstić information content (AvgIpc) is 2.69. The van der Waals surface area contributed by atoms with Crippen LogP contribution in [-0.4, -0.2) is 36.5 Å². The van der Waals surface area contributed by atoms with Gasteiger partial charge in [-0.25, -0.2) is 0 Å². The van der Waals surface area contributed by atoms with Crippen LogP contribution in [0.2, 0.25) is 0 Å². The van der Waals surface area contributed by atoms with E-state index in [1.54, 1.807) is 0 Å². The minimum atomic E-state index is 0.183. The lowest BCUT2D eigenvalue weighted by Gasteiger charge is -2.27. The fraction of sp³-hybridized carbons (Fsp3) is 0.458. The van der Waals surface area contributed by atoms with E-state index in [1.165, 1.54) is 16.8 Å². The fourth-order valence-corrected chi connectivity index (χ4v) is 3.42. The SMILES string of the molecule is CCN(CC)c1ccc(NCCC(=O)N(Cc2ccccc2)C(C)C)c(C)c1. The largest absolute Gasteiger partial charge is 0.384 e. The van der Waals surface area contributed by atoms with Crippen molar-refractivity contribution < 1.29 is 4.79 Å². The topological polar surface area (TPSA) is 35.6 Å². The number of nitrogens with zero attached hydrogens (tertiary/aromatic N) is 2. The molecule has 0 aromatic heterocycles. The molecule has 0 fully saturated rings. The first-order valence-corrected chi connectivity index (χ1v) is 10.4. The number of amides is 1. The van der Waals surface area contributed by atoms with Gasteiger partial charge in [-0.3, -0.25) is 4.79 Å². The number of carbonyl (C=O) groups excluding carboxylic acids is 1. The Labute approximate surface area is 170 Å². The molecule has 0 bridgehead atoms. The van der Waals surface area contributed by atoms with Crippen LogP contribution < -0.4 is 10.2 Å². The van der Waals surface area contributed by atoms with Gasteiger partial charge in [0.2, 0.25) is 5.91 Å². The molecule has 4 nitrogen and oxygen atoms in total. The number of carbonyl (C=O) groups is 1. The molecule has 28 heavy (non-hydrogen) atoms. The van der Waals surface area contributed by atoms with Crippen LogP contribution in [0.25, 0.3) is 0 Å². The molecule has 0 unspecified atom stereocenters. The summed E-state index contributed by atoms with van der Waals surface area (Å²) in [5, 5.41) is 3.44. The third-order valence-electron chi connectivity index (χ3n) is 5.13. The van der Waals surface area contributed by atoms with E-state index in [0.717, 1.165) is 18.8 Å². The summed E-state index contributed by atoms with van der Waals surface area (Å²) in [6.07, 6.45) is 0.488. The van der Waals surface area contributed by atoms with Crippen LogP contribution in [-0.2, 0) is 11.3 Å². The number of hydrogen-bond donors (Lipinski definition) is 1. The molecule has 0 spiro atoms. The number of nitrogens with one attached hydrogen (secondary N) is 1. The second-order valence-electron chi connectivity index (χ2n) is 7.45. The van der Waals surface area contributed by atoms with Crippen molar-refractivity contribution in [3.05, 3.63) is 59.7 Å². The number of hydrogen-bond acceptors (Lipinski definition) is 3. The van der Waals surface area contributed by atoms with E-state index < -0.39 is 0 Å². The van der Waals surface area contributed by atoms with E-state index in [2.05, 4.69) is 75.2 Å². The highest BCUT2D eigenvalue weighted by atomic mass is 16.2. The molecule has 0 saturated heterocycles. The maximum atomic E-state index is 12.8. The Bertz CT molecular complexity index is 739. The molecular weight excluding hydrogens is 346 g/mol. The second-order valence-corrected chi connectivity index (χ2v) is 7.45. The van der Waals surface area contributed by atoms with Gasteiger partial charge >= 0.3 is 0 Å². The highest BCUT2D eigenvalue weighted by Crippen LogP contribution is 2.22. The van der Waals surface area contributed by atoms with Crippen molar-refractivity contribution in [2.24, 2.45) is 0 Å². The zero-order valence-corrected chi connectivity index (χ0v) is 18.0. The fourth-order valence-electron chi connectivity index (χ4n) is 3.42. The van der Waals surface area contributed by atoms with Crippen LogP contribution in [0.1, 0.15) is 45.2 Å². The quantitative estimate of drug-likeness (QED) is 0.623. The zero-order chi connectivity index (χ0) is 20.5. The molecule has 2 rings (SSSR count). The van der Waals surface area contributed by atoms with Gasteiger partial charge in [-0.1, -0.05) is 30.3 Å². The Morgan fingerprint density at radius 3 is 2.29 bits per heavy atom. The average molecular weight is 382 g/mol. The van der Waals surface area contributed by atoms with Crippen LogP contribution in [0, 0.1) is 6.92 Å². The number of anilines is 2. The molecule has 152 valence electrons. The molecule has 0 aliphatic carbocycles. The van der Waals surface area contributed by atoms with Crippen molar-refractivity contribution in [1.29, 1.82) is 0 Å². The van der Waals surface area contributed by atoms with E-state index in [4.69, 9.17) is 0 Å². The summed E-state index contributed by atoms with van der Waals surface area (Å²) in [5.41, 5.74) is 4.73. The lowest BCUT2D eigenvalue weighted by Crippen LogP contribution is -2.37. The van der Waals surface area contributed by atoms with Crippen molar-refractivity contribution in [3.8, 4) is 0 Å². The van der Waals surface area contributed by atoms with Gasteiger partial charge in [0, 0.05) is 50.0 Å². The second kappa shape index (κ2) is 10.7. The van der Waals surface area contributed by atoms with Crippen molar-refractivity contribution >= 4 is 17.3 Å². The lowest BCUT2D eigenvalue weighted by molar-refractivity contribution is -0.133. The summed E-state index contributed by atoms with van der Waals surface area (Å²) >= 11 is 0. The van der Waals surface area contributed by atoms with Gasteiger partial charge in [0.05, 0.1) is 0 Å². The van der Waals surface area contributed by atoms with Crippen molar-refractivity contribution in [2.45, 2.75) is 53.6 Å². The Morgan fingerprint density at radius 1 is 1.04 bits per heavy atom. The van der Waals surface area contributed by atoms with Crippen LogP contribution in [0.3, 0.4) is 0 Å². The van der Waals surface area contributed by atoms with Crippen LogP contribution in [0.5, 0.6) is 0 Å². The van der Waals surface area contributed by atoms with Gasteiger partial charge in [-0.05, 0) is 63.9 Å². The van der Waals surface area contributed by atoms with Gasteiger partial charge in [0.25, 0.3) is 0 Å². The zero-order valence-electron chi connectivity index (χ0n) is 18.0. The number of rotatable bonds is 10. The predicted molar refractivity (Wildman–Crippen MR) is 120 cm³/mol. The highest BCUT2D eigenvalue weighted by Gasteiger charge is 2.17. The summed E-state index contributed by atoms with van der Waals surface area (Å²) in [7, 11) is 0. The van der Waals surface area contributed by atoms with E-state index in [0.29, 0.717) is 19.5 Å². The minimum absolute atomic E-state index is 0.183. The number of benzene rings is 2. The third-order valence-corrected chi connectivity index (χ3v) is 5.13. The first kappa shape index (κ1) is 21.8. The molecule has 0 saturated carbocycles. The Morgan fingerprint density at radius 2 is 1.71 bits per heavy atom. The van der Waals surface area contributed by atoms with Crippen molar-refractivity contribution in [2.75, 3.05) is 29.9 Å². The summed E-state index contributed by atoms with van der Waals surface area (Å²) < 4.78 is 0. The molecule has 0 atom stereocenters. The van der Waals surface area contributed by atoms with Gasteiger partial charge in [0.15, 0.2) is 0 Å². The molecule has 1 amide bonds. The maximum Gasteiger partial charge on any atom is 0.224 e. The molecular formula is C24H35N3O. The van der Waals surface area contributed by atoms with Crippen LogP contribution in [0.15, 0.2) is 48.5 Å². The molecule has 4 heteroatoms. The van der Waals surface area contributed by atoms with E-state index in [9.17, 15) is 4.79 Å². The molecule has 0 radical (unpaired) electrons. The third kappa shape index (κ3) is 6.01. The van der Waals surface area contributed by atoms with Gasteiger partial charge in [-0.15, -0.1) is 0 Å². The first-order valence-electron chi connectivity index (χ1n) is 10.4. The minimum Gasteiger partial charge on any atom is -0.384 e. The van der Waals surface area contributed by atoms with Crippen LogP contribution >= 0.6 is 0 Å². The van der Waals surface area contributed by atoms with Crippen LogP contribution in [0.4, 0.5) is 11.4 Å². The molecule has 2 aromatic carbocycles. The molecule has 0 heterocycles. The first-order chi connectivity index (χ1) is 13.5. The summed E-state index contributed by atoms with van der Waals surface area (Å²) in [6, 6.07) is 16.9. The van der Waals surface area contributed by atoms with E-state index in [1.807, 2.05) is 23.1 Å². The van der Waals surface area contributed by atoms with E-state index >= 15 is 0 Å². The highest BCUT2D eigenvalue weighted by molar-refractivity contribution is 5.77. The standard InChI is InChI=1S/C24H35N3O/c1-6-26(7-2)22-13-14-23(20(5)17-22)25-16-15-24(28)27(19(3)4)18-21-11-9-8-10-12-21/h8-14,17,19,25H,6-7,15-16,18H2,1-5H3. The smallest absolute Gasteiger partial charge is 0.224 e. The van der Waals surface area contributed by atoms with E-state index in [-0.39, 0.29) is 11.9 Å². The molecule has 0 aliphatic heterocycles. The van der Waals surface area contributed by atoms with Gasteiger partial charge in [0.1, 0.15) is 0 Å². The lowest BCUT2D eigenvalue weighted by atomic mass is 10.1. The van der Waals surface area contributed by atoms with Gasteiger partial charge < -0.3 is 15.1 Å². The number of aryl methyl sites for hydroxylation is 1. The Hall–Kier alpha value is -2.49. The molecule has 2 aromatic rings. The Balaban J connectivity index is 1.93. The molecule has 0 aliphatic rings. The maximum absolute atomic E-state index is 12.8.